The summed E-state index contributed by atoms with van der Waals surface area (Å²) in [6.07, 6.45) is -0.446. The first-order valence-electron chi connectivity index (χ1n) is 6.57. The zero-order chi connectivity index (χ0) is 14.9. The van der Waals surface area contributed by atoms with Gasteiger partial charge in [0.05, 0.1) is 6.54 Å². The molecule has 0 fully saturated rings. The zero-order valence-electron chi connectivity index (χ0n) is 11.4. The minimum absolute atomic E-state index is 0.264. The first-order valence-corrected chi connectivity index (χ1v) is 7.36. The van der Waals surface area contributed by atoms with Crippen LogP contribution in [-0.4, -0.2) is 19.2 Å². The van der Waals surface area contributed by atoms with E-state index in [1.807, 2.05) is 54.6 Å². The second kappa shape index (κ2) is 8.32. The van der Waals surface area contributed by atoms with Crippen molar-refractivity contribution in [1.82, 2.24) is 5.32 Å². The number of alkyl carbamates (subject to hydrolysis) is 1. The van der Waals surface area contributed by atoms with Crippen molar-refractivity contribution in [3.8, 4) is 5.75 Å². The Morgan fingerprint density at radius 2 is 1.76 bits per heavy atom. The summed E-state index contributed by atoms with van der Waals surface area (Å²) in [6.45, 7) is 1.05. The molecule has 1 amide bonds. The maximum absolute atomic E-state index is 11.5. The largest absolute Gasteiger partial charge is 0.492 e. The number of carbonyl (C=O) groups excluding carboxylic acids is 1. The second-order valence-electron chi connectivity index (χ2n) is 4.29. The van der Waals surface area contributed by atoms with Crippen molar-refractivity contribution >= 4 is 22.0 Å². The average Bonchev–Trinajstić information content (AvgIpc) is 2.52. The Kier molecular flexibility index (Phi) is 6.09. The molecule has 0 bridgehead atoms. The lowest BCUT2D eigenvalue weighted by atomic mass is 10.2. The molecule has 0 aromatic heterocycles. The maximum atomic E-state index is 11.5. The molecule has 0 saturated heterocycles. The number of amides is 1. The van der Waals surface area contributed by atoms with E-state index in [-0.39, 0.29) is 6.61 Å². The van der Waals surface area contributed by atoms with Gasteiger partial charge in [-0.15, -0.1) is 0 Å². The summed E-state index contributed by atoms with van der Waals surface area (Å²) in [4.78, 5) is 11.5. The number of hydrogen-bond acceptors (Lipinski definition) is 3. The number of ether oxygens (including phenoxy) is 2. The number of halogens is 1. The molecule has 2 rings (SSSR count). The number of benzene rings is 2. The zero-order valence-corrected chi connectivity index (χ0v) is 13.0. The van der Waals surface area contributed by atoms with Gasteiger partial charge in [-0.2, -0.15) is 0 Å². The van der Waals surface area contributed by atoms with Crippen molar-refractivity contribution in [2.24, 2.45) is 0 Å². The molecule has 1 N–H and O–H groups in total. The van der Waals surface area contributed by atoms with Crippen molar-refractivity contribution in [3.05, 3.63) is 64.6 Å². The predicted octanol–water partition coefficient (Wildman–Crippen LogP) is 3.75. The third kappa shape index (κ3) is 5.87. The molecule has 110 valence electrons. The van der Waals surface area contributed by atoms with Gasteiger partial charge in [0.15, 0.2) is 0 Å². The van der Waals surface area contributed by atoms with Crippen molar-refractivity contribution in [3.63, 3.8) is 0 Å². The fraction of sp³-hybridized carbons (Fsp3) is 0.188. The molecule has 0 aliphatic carbocycles. The molecule has 2 aromatic carbocycles. The molecule has 5 heteroatoms. The van der Waals surface area contributed by atoms with E-state index in [2.05, 4.69) is 21.2 Å². The Morgan fingerprint density at radius 3 is 2.48 bits per heavy atom. The van der Waals surface area contributed by atoms with Gasteiger partial charge in [0.1, 0.15) is 19.0 Å². The highest BCUT2D eigenvalue weighted by Crippen LogP contribution is 2.15. The minimum atomic E-state index is -0.446. The van der Waals surface area contributed by atoms with Crippen LogP contribution < -0.4 is 10.1 Å². The molecular weight excluding hydrogens is 334 g/mol. The summed E-state index contributed by atoms with van der Waals surface area (Å²) in [6, 6.07) is 17.1. The summed E-state index contributed by atoms with van der Waals surface area (Å²) in [5, 5.41) is 2.64. The van der Waals surface area contributed by atoms with Gasteiger partial charge in [-0.3, -0.25) is 0 Å². The van der Waals surface area contributed by atoms with Crippen LogP contribution in [0.4, 0.5) is 4.79 Å². The van der Waals surface area contributed by atoms with Crippen LogP contribution in [-0.2, 0) is 11.3 Å². The van der Waals surface area contributed by atoms with Gasteiger partial charge in [-0.05, 0) is 29.8 Å². The van der Waals surface area contributed by atoms with E-state index in [0.29, 0.717) is 13.2 Å². The lowest BCUT2D eigenvalue weighted by Crippen LogP contribution is -2.28. The second-order valence-corrected chi connectivity index (χ2v) is 5.21. The molecule has 0 unspecified atom stereocenters. The van der Waals surface area contributed by atoms with Gasteiger partial charge in [0.25, 0.3) is 0 Å². The Morgan fingerprint density at radius 1 is 1.05 bits per heavy atom. The van der Waals surface area contributed by atoms with E-state index < -0.39 is 6.09 Å². The first-order chi connectivity index (χ1) is 10.2. The van der Waals surface area contributed by atoms with Gasteiger partial charge in [-0.25, -0.2) is 4.79 Å². The minimum Gasteiger partial charge on any atom is -0.492 e. The maximum Gasteiger partial charge on any atom is 0.407 e. The molecule has 4 nitrogen and oxygen atoms in total. The smallest absolute Gasteiger partial charge is 0.407 e. The fourth-order valence-electron chi connectivity index (χ4n) is 1.63. The third-order valence-corrected chi connectivity index (χ3v) is 3.20. The Bertz CT molecular complexity index is 557. The van der Waals surface area contributed by atoms with Crippen LogP contribution in [0.1, 0.15) is 5.56 Å². The Labute approximate surface area is 132 Å². The standard InChI is InChI=1S/C16H16BrNO3/c17-14-6-8-15(9-7-14)20-11-10-18-16(19)21-12-13-4-2-1-3-5-13/h1-9H,10-12H2,(H,18,19). The number of rotatable bonds is 6. The molecule has 0 atom stereocenters. The molecule has 0 saturated carbocycles. The summed E-state index contributed by atoms with van der Waals surface area (Å²) in [5.41, 5.74) is 0.957. The van der Waals surface area contributed by atoms with E-state index in [0.717, 1.165) is 15.8 Å². The lowest BCUT2D eigenvalue weighted by Gasteiger charge is -2.08. The highest BCUT2D eigenvalue weighted by Gasteiger charge is 2.02. The topological polar surface area (TPSA) is 47.6 Å². The quantitative estimate of drug-likeness (QED) is 0.807. The molecule has 21 heavy (non-hydrogen) atoms. The van der Waals surface area contributed by atoms with Crippen molar-refractivity contribution in [1.29, 1.82) is 0 Å². The van der Waals surface area contributed by atoms with Crippen molar-refractivity contribution < 1.29 is 14.3 Å². The van der Waals surface area contributed by atoms with E-state index in [9.17, 15) is 4.79 Å². The summed E-state index contributed by atoms with van der Waals surface area (Å²) in [5.74, 6) is 0.762. The van der Waals surface area contributed by atoms with Gasteiger partial charge < -0.3 is 14.8 Å². The van der Waals surface area contributed by atoms with Gasteiger partial charge in [0.2, 0.25) is 0 Å². The fourth-order valence-corrected chi connectivity index (χ4v) is 1.89. The Hall–Kier alpha value is -2.01. The van der Waals surface area contributed by atoms with Crippen LogP contribution >= 0.6 is 15.9 Å². The van der Waals surface area contributed by atoms with E-state index >= 15 is 0 Å². The van der Waals surface area contributed by atoms with Gasteiger partial charge >= 0.3 is 6.09 Å². The first kappa shape index (κ1) is 15.4. The lowest BCUT2D eigenvalue weighted by molar-refractivity contribution is 0.137. The van der Waals surface area contributed by atoms with Gasteiger partial charge in [-0.1, -0.05) is 46.3 Å². The van der Waals surface area contributed by atoms with Crippen molar-refractivity contribution in [2.45, 2.75) is 6.61 Å². The highest BCUT2D eigenvalue weighted by molar-refractivity contribution is 9.10. The van der Waals surface area contributed by atoms with Crippen LogP contribution in [0.25, 0.3) is 0 Å². The SMILES string of the molecule is O=C(NCCOc1ccc(Br)cc1)OCc1ccccc1. The molecule has 0 heterocycles. The van der Waals surface area contributed by atoms with E-state index in [1.165, 1.54) is 0 Å². The molecule has 2 aromatic rings. The molecule has 0 aliphatic rings. The number of carbonyl (C=O) groups is 1. The van der Waals surface area contributed by atoms with Crippen molar-refractivity contribution in [2.75, 3.05) is 13.2 Å². The Balaban J connectivity index is 1.60. The molecule has 0 aliphatic heterocycles. The van der Waals surface area contributed by atoms with E-state index in [4.69, 9.17) is 9.47 Å². The van der Waals surface area contributed by atoms with Crippen LogP contribution in [0.3, 0.4) is 0 Å². The van der Waals surface area contributed by atoms with E-state index in [1.54, 1.807) is 0 Å². The van der Waals surface area contributed by atoms with Crippen LogP contribution in [0, 0.1) is 0 Å². The average molecular weight is 350 g/mol. The van der Waals surface area contributed by atoms with Crippen LogP contribution in [0.5, 0.6) is 5.75 Å². The van der Waals surface area contributed by atoms with Crippen LogP contribution in [0.15, 0.2) is 59.1 Å². The summed E-state index contributed by atoms with van der Waals surface area (Å²) >= 11 is 3.35. The molecule has 0 spiro atoms. The predicted molar refractivity (Wildman–Crippen MR) is 84.3 cm³/mol. The summed E-state index contributed by atoms with van der Waals surface area (Å²) in [7, 11) is 0. The number of nitrogens with one attached hydrogen (secondary N) is 1. The summed E-state index contributed by atoms with van der Waals surface area (Å²) < 4.78 is 11.6. The monoisotopic (exact) mass is 349 g/mol. The normalized spacial score (nSPS) is 9.95. The highest BCUT2D eigenvalue weighted by atomic mass is 79.9. The molecule has 0 radical (unpaired) electrons. The van der Waals surface area contributed by atoms with Crippen LogP contribution in [0.2, 0.25) is 0 Å². The molecular formula is C16H16BrNO3. The van der Waals surface area contributed by atoms with Gasteiger partial charge in [0, 0.05) is 4.47 Å². The number of hydrogen-bond donors (Lipinski definition) is 1. The third-order valence-electron chi connectivity index (χ3n) is 2.67.